The molecule has 0 aliphatic heterocycles. The third-order valence-corrected chi connectivity index (χ3v) is 2.04. The van der Waals surface area contributed by atoms with Gasteiger partial charge in [0, 0.05) is 20.4 Å². The Hall–Kier alpha value is -1.73. The van der Waals surface area contributed by atoms with Gasteiger partial charge in [-0.25, -0.2) is 4.98 Å². The average Bonchev–Trinajstić information content (AvgIpc) is 2.85. The molecule has 86 valence electrons. The minimum atomic E-state index is -0.383. The third-order valence-electron chi connectivity index (χ3n) is 2.04. The Morgan fingerprint density at radius 1 is 1.62 bits per heavy atom. The van der Waals surface area contributed by atoms with Crippen molar-refractivity contribution >= 4 is 0 Å². The van der Waals surface area contributed by atoms with Gasteiger partial charge in [0.15, 0.2) is 5.82 Å². The number of aryl methyl sites for hydroxylation is 1. The van der Waals surface area contributed by atoms with E-state index in [9.17, 15) is 0 Å². The summed E-state index contributed by atoms with van der Waals surface area (Å²) in [6, 6.07) is -0.383. The molecule has 2 rings (SSSR count). The second-order valence-corrected chi connectivity index (χ2v) is 3.44. The second-order valence-electron chi connectivity index (χ2n) is 3.44. The standard InChI is InChI=1S/C9H13N5O2/c1-14-3-7(11-5-14)9-12-8(13-16-9)6(10)4-15-2/h3,5-6H,4,10H2,1-2H3. The average molecular weight is 223 g/mol. The van der Waals surface area contributed by atoms with Crippen molar-refractivity contribution in [2.75, 3.05) is 13.7 Å². The lowest BCUT2D eigenvalue weighted by molar-refractivity contribution is 0.177. The van der Waals surface area contributed by atoms with Crippen molar-refractivity contribution in [2.24, 2.45) is 12.8 Å². The van der Waals surface area contributed by atoms with E-state index in [1.165, 1.54) is 0 Å². The van der Waals surface area contributed by atoms with E-state index >= 15 is 0 Å². The number of nitrogens with two attached hydrogens (primary N) is 1. The van der Waals surface area contributed by atoms with Gasteiger partial charge < -0.3 is 19.6 Å². The van der Waals surface area contributed by atoms with Gasteiger partial charge in [0.25, 0.3) is 5.89 Å². The highest BCUT2D eigenvalue weighted by molar-refractivity contribution is 5.44. The summed E-state index contributed by atoms with van der Waals surface area (Å²) in [5, 5.41) is 3.78. The van der Waals surface area contributed by atoms with Gasteiger partial charge in [-0.15, -0.1) is 0 Å². The van der Waals surface area contributed by atoms with Crippen LogP contribution in [0, 0.1) is 0 Å². The summed E-state index contributed by atoms with van der Waals surface area (Å²) in [4.78, 5) is 8.25. The molecule has 2 aromatic rings. The zero-order valence-corrected chi connectivity index (χ0v) is 9.12. The Morgan fingerprint density at radius 2 is 2.44 bits per heavy atom. The van der Waals surface area contributed by atoms with Crippen molar-refractivity contribution in [3.05, 3.63) is 18.3 Å². The first-order valence-corrected chi connectivity index (χ1v) is 4.77. The molecule has 0 aliphatic carbocycles. The van der Waals surface area contributed by atoms with Gasteiger partial charge >= 0.3 is 0 Å². The van der Waals surface area contributed by atoms with Gasteiger partial charge in [-0.05, 0) is 0 Å². The Bertz CT molecular complexity index is 464. The van der Waals surface area contributed by atoms with Gasteiger partial charge in [0.2, 0.25) is 0 Å². The maximum atomic E-state index is 5.77. The van der Waals surface area contributed by atoms with E-state index in [1.807, 2.05) is 7.05 Å². The lowest BCUT2D eigenvalue weighted by Gasteiger charge is -2.02. The smallest absolute Gasteiger partial charge is 0.278 e. The highest BCUT2D eigenvalue weighted by atomic mass is 16.5. The minimum Gasteiger partial charge on any atom is -0.383 e. The van der Waals surface area contributed by atoms with E-state index in [0.717, 1.165) is 0 Å². The number of hydrogen-bond acceptors (Lipinski definition) is 6. The van der Waals surface area contributed by atoms with Crippen LogP contribution in [0.5, 0.6) is 0 Å². The van der Waals surface area contributed by atoms with E-state index in [0.29, 0.717) is 24.0 Å². The number of imidazole rings is 1. The van der Waals surface area contributed by atoms with Gasteiger partial charge in [0.05, 0.1) is 19.0 Å². The number of nitrogens with zero attached hydrogens (tertiary/aromatic N) is 4. The molecular weight excluding hydrogens is 210 g/mol. The number of ether oxygens (including phenoxy) is 1. The van der Waals surface area contributed by atoms with Gasteiger partial charge in [-0.2, -0.15) is 4.98 Å². The van der Waals surface area contributed by atoms with Crippen molar-refractivity contribution in [1.82, 2.24) is 19.7 Å². The fourth-order valence-electron chi connectivity index (χ4n) is 1.27. The zero-order chi connectivity index (χ0) is 11.5. The van der Waals surface area contributed by atoms with E-state index in [4.69, 9.17) is 15.0 Å². The first-order valence-electron chi connectivity index (χ1n) is 4.77. The molecular formula is C9H13N5O2. The normalized spacial score (nSPS) is 12.9. The molecule has 16 heavy (non-hydrogen) atoms. The van der Waals surface area contributed by atoms with Crippen LogP contribution in [0.2, 0.25) is 0 Å². The summed E-state index contributed by atoms with van der Waals surface area (Å²) < 4.78 is 11.8. The van der Waals surface area contributed by atoms with Crippen molar-refractivity contribution in [3.63, 3.8) is 0 Å². The van der Waals surface area contributed by atoms with Gasteiger partial charge in [0.1, 0.15) is 5.69 Å². The van der Waals surface area contributed by atoms with Crippen molar-refractivity contribution in [2.45, 2.75) is 6.04 Å². The Kier molecular flexibility index (Phi) is 2.97. The monoisotopic (exact) mass is 223 g/mol. The molecule has 1 unspecified atom stereocenters. The number of aromatic nitrogens is 4. The van der Waals surface area contributed by atoms with Crippen LogP contribution < -0.4 is 5.73 Å². The summed E-state index contributed by atoms with van der Waals surface area (Å²) in [7, 11) is 3.43. The molecule has 0 spiro atoms. The van der Waals surface area contributed by atoms with Crippen molar-refractivity contribution < 1.29 is 9.26 Å². The van der Waals surface area contributed by atoms with Crippen molar-refractivity contribution in [3.8, 4) is 11.6 Å². The largest absolute Gasteiger partial charge is 0.383 e. The molecule has 0 saturated carbocycles. The molecule has 7 nitrogen and oxygen atoms in total. The first kappa shape index (κ1) is 10.8. The lowest BCUT2D eigenvalue weighted by Crippen LogP contribution is -2.17. The zero-order valence-electron chi connectivity index (χ0n) is 9.12. The molecule has 0 bridgehead atoms. The van der Waals surface area contributed by atoms with Crippen LogP contribution in [0.4, 0.5) is 0 Å². The van der Waals surface area contributed by atoms with Crippen LogP contribution in [-0.4, -0.2) is 33.4 Å². The number of methoxy groups -OCH3 is 1. The van der Waals surface area contributed by atoms with Crippen LogP contribution in [0.3, 0.4) is 0 Å². The van der Waals surface area contributed by atoms with E-state index in [2.05, 4.69) is 15.1 Å². The topological polar surface area (TPSA) is 92.0 Å². The molecule has 0 aliphatic rings. The molecule has 2 aromatic heterocycles. The fourth-order valence-corrected chi connectivity index (χ4v) is 1.27. The fraction of sp³-hybridized carbons (Fsp3) is 0.444. The summed E-state index contributed by atoms with van der Waals surface area (Å²) in [5.74, 6) is 0.782. The van der Waals surface area contributed by atoms with E-state index < -0.39 is 0 Å². The summed E-state index contributed by atoms with van der Waals surface area (Å²) in [6.45, 7) is 0.348. The van der Waals surface area contributed by atoms with Crippen LogP contribution in [0.1, 0.15) is 11.9 Å². The van der Waals surface area contributed by atoms with E-state index in [-0.39, 0.29) is 6.04 Å². The van der Waals surface area contributed by atoms with E-state index in [1.54, 1.807) is 24.2 Å². The summed E-state index contributed by atoms with van der Waals surface area (Å²) >= 11 is 0. The second kappa shape index (κ2) is 4.42. The highest BCUT2D eigenvalue weighted by Gasteiger charge is 2.16. The number of hydrogen-bond donors (Lipinski definition) is 1. The Labute approximate surface area is 92.2 Å². The molecule has 2 heterocycles. The molecule has 0 fully saturated rings. The Morgan fingerprint density at radius 3 is 3.06 bits per heavy atom. The Balaban J connectivity index is 2.19. The molecule has 7 heteroatoms. The number of rotatable bonds is 4. The summed E-state index contributed by atoms with van der Waals surface area (Å²) in [6.07, 6.45) is 3.45. The molecule has 0 radical (unpaired) electrons. The first-order chi connectivity index (χ1) is 7.70. The quantitative estimate of drug-likeness (QED) is 0.791. The highest BCUT2D eigenvalue weighted by Crippen LogP contribution is 2.16. The van der Waals surface area contributed by atoms with Crippen LogP contribution >= 0.6 is 0 Å². The predicted molar refractivity (Wildman–Crippen MR) is 55.3 cm³/mol. The maximum Gasteiger partial charge on any atom is 0.278 e. The van der Waals surface area contributed by atoms with Gasteiger partial charge in [-0.3, -0.25) is 0 Å². The predicted octanol–water partition coefficient (Wildman–Crippen LogP) is 0.116. The van der Waals surface area contributed by atoms with Crippen LogP contribution in [0.25, 0.3) is 11.6 Å². The van der Waals surface area contributed by atoms with Crippen LogP contribution in [-0.2, 0) is 11.8 Å². The molecule has 0 amide bonds. The minimum absolute atomic E-state index is 0.348. The maximum absolute atomic E-state index is 5.77. The van der Waals surface area contributed by atoms with Gasteiger partial charge in [-0.1, -0.05) is 5.16 Å². The SMILES string of the molecule is COCC(N)c1noc(-c2cn(C)cn2)n1. The summed E-state index contributed by atoms with van der Waals surface area (Å²) in [5.41, 5.74) is 6.40. The van der Waals surface area contributed by atoms with Crippen molar-refractivity contribution in [1.29, 1.82) is 0 Å². The molecule has 0 aromatic carbocycles. The van der Waals surface area contributed by atoms with Crippen LogP contribution in [0.15, 0.2) is 17.0 Å². The molecule has 0 saturated heterocycles. The third kappa shape index (κ3) is 2.10. The lowest BCUT2D eigenvalue weighted by atomic mass is 10.3. The molecule has 2 N–H and O–H groups in total. The molecule has 1 atom stereocenters.